The molecule has 12 heteroatoms. The first-order chi connectivity index (χ1) is 17.4. The minimum absolute atomic E-state index is 0.166. The summed E-state index contributed by atoms with van der Waals surface area (Å²) in [5.41, 5.74) is 0. The molecule has 36 heavy (non-hydrogen) atoms. The highest BCUT2D eigenvalue weighted by atomic mass is 32.2. The molecular formula is C24H37N5O6S. The number of rotatable bonds is 8. The van der Waals surface area contributed by atoms with Crippen LogP contribution in [0.2, 0.25) is 0 Å². The summed E-state index contributed by atoms with van der Waals surface area (Å²) >= 11 is 1.61. The van der Waals surface area contributed by atoms with Crippen LogP contribution in [0.1, 0.15) is 46.0 Å². The van der Waals surface area contributed by atoms with Gasteiger partial charge in [-0.05, 0) is 63.7 Å². The summed E-state index contributed by atoms with van der Waals surface area (Å²) in [6, 6.07) is -0.879. The van der Waals surface area contributed by atoms with Crippen LogP contribution in [0.4, 0.5) is 4.79 Å². The van der Waals surface area contributed by atoms with Crippen LogP contribution < -0.4 is 0 Å². The van der Waals surface area contributed by atoms with Gasteiger partial charge in [0.2, 0.25) is 0 Å². The Morgan fingerprint density at radius 3 is 2.44 bits per heavy atom. The second kappa shape index (κ2) is 12.3. The molecule has 0 bridgehead atoms. The number of nitrogens with zero attached hydrogens (tertiary/aromatic N) is 4. The van der Waals surface area contributed by atoms with Crippen molar-refractivity contribution < 1.29 is 28.6 Å². The summed E-state index contributed by atoms with van der Waals surface area (Å²) in [4.78, 5) is 45.9. The van der Waals surface area contributed by atoms with Crippen molar-refractivity contribution in [1.82, 2.24) is 25.0 Å². The van der Waals surface area contributed by atoms with Gasteiger partial charge in [0.1, 0.15) is 18.4 Å². The quantitative estimate of drug-likeness (QED) is 0.401. The fourth-order valence-corrected chi connectivity index (χ4v) is 7.14. The maximum atomic E-state index is 12.8. The summed E-state index contributed by atoms with van der Waals surface area (Å²) < 4.78 is 15.6. The number of hydrogen-bond donors (Lipinski definition) is 1. The number of amides is 1. The Morgan fingerprint density at radius 2 is 1.78 bits per heavy atom. The zero-order chi connectivity index (χ0) is 25.7. The van der Waals surface area contributed by atoms with Crippen molar-refractivity contribution >= 4 is 29.8 Å². The van der Waals surface area contributed by atoms with E-state index >= 15 is 0 Å². The molecule has 3 fully saturated rings. The zero-order valence-electron chi connectivity index (χ0n) is 21.3. The molecule has 1 aliphatic carbocycles. The Kier molecular flexibility index (Phi) is 9.10. The van der Waals surface area contributed by atoms with E-state index in [9.17, 15) is 14.4 Å². The second-order valence-corrected chi connectivity index (χ2v) is 11.1. The number of aromatic amines is 1. The van der Waals surface area contributed by atoms with Gasteiger partial charge in [-0.15, -0.1) is 0 Å². The molecule has 1 amide bonds. The van der Waals surface area contributed by atoms with Crippen LogP contribution in [0.15, 0.2) is 11.5 Å². The molecule has 11 nitrogen and oxygen atoms in total. The van der Waals surface area contributed by atoms with Crippen molar-refractivity contribution in [2.24, 2.45) is 17.8 Å². The minimum atomic E-state index is -0.612. The van der Waals surface area contributed by atoms with Crippen LogP contribution >= 0.6 is 11.8 Å². The number of ether oxygens (including phenoxy) is 3. The zero-order valence-corrected chi connectivity index (χ0v) is 22.1. The Morgan fingerprint density at radius 1 is 1.03 bits per heavy atom. The molecule has 3 heterocycles. The maximum absolute atomic E-state index is 12.8. The SMILES string of the molecule is CCOC(=O)C1CC2C[C@@H](CN3C[C@@H](Sc4ncn[nH]4)C[C@H]3C(=O)OCC)CC[C@H]2CN1C(=O)OC. The van der Waals surface area contributed by atoms with Crippen LogP contribution in [0, 0.1) is 17.8 Å². The average Bonchev–Trinajstić information content (AvgIpc) is 3.53. The van der Waals surface area contributed by atoms with Gasteiger partial charge < -0.3 is 14.2 Å². The number of carbonyl (C=O) groups excluding carboxylic acids is 3. The topological polar surface area (TPSA) is 127 Å². The third kappa shape index (κ3) is 6.13. The monoisotopic (exact) mass is 523 g/mol. The molecule has 4 rings (SSSR count). The van der Waals surface area contributed by atoms with Gasteiger partial charge in [-0.25, -0.2) is 14.6 Å². The van der Waals surface area contributed by atoms with Gasteiger partial charge in [0.15, 0.2) is 5.16 Å². The molecule has 3 aliphatic rings. The molecule has 6 atom stereocenters. The average molecular weight is 524 g/mol. The molecule has 2 aliphatic heterocycles. The summed E-state index contributed by atoms with van der Waals surface area (Å²) in [6.07, 6.45) is 5.27. The van der Waals surface area contributed by atoms with E-state index in [0.29, 0.717) is 43.7 Å². The predicted octanol–water partition coefficient (Wildman–Crippen LogP) is 2.34. The third-order valence-corrected chi connectivity index (χ3v) is 8.73. The van der Waals surface area contributed by atoms with Crippen LogP contribution in [-0.4, -0.2) is 100 Å². The predicted molar refractivity (Wildman–Crippen MR) is 131 cm³/mol. The minimum Gasteiger partial charge on any atom is -0.465 e. The molecule has 1 aromatic heterocycles. The number of methoxy groups -OCH3 is 1. The first-order valence-electron chi connectivity index (χ1n) is 12.9. The van der Waals surface area contributed by atoms with E-state index in [1.165, 1.54) is 13.4 Å². The number of nitrogens with one attached hydrogen (secondary N) is 1. The van der Waals surface area contributed by atoms with Crippen LogP contribution in [-0.2, 0) is 23.8 Å². The molecule has 1 saturated carbocycles. The lowest BCUT2D eigenvalue weighted by molar-refractivity contribution is -0.153. The molecule has 0 aromatic carbocycles. The number of thioether (sulfide) groups is 1. The lowest BCUT2D eigenvalue weighted by Crippen LogP contribution is -2.55. The van der Waals surface area contributed by atoms with Crippen LogP contribution in [0.5, 0.6) is 0 Å². The van der Waals surface area contributed by atoms with Gasteiger partial charge in [-0.1, -0.05) is 11.8 Å². The van der Waals surface area contributed by atoms with Crippen molar-refractivity contribution in [3.63, 3.8) is 0 Å². The van der Waals surface area contributed by atoms with E-state index in [2.05, 4.69) is 20.1 Å². The van der Waals surface area contributed by atoms with E-state index in [-0.39, 0.29) is 29.8 Å². The van der Waals surface area contributed by atoms with Crippen molar-refractivity contribution in [3.8, 4) is 0 Å². The Balaban J connectivity index is 1.41. The van der Waals surface area contributed by atoms with E-state index in [1.807, 2.05) is 6.92 Å². The number of aromatic nitrogens is 3. The number of esters is 2. The first-order valence-corrected chi connectivity index (χ1v) is 13.7. The summed E-state index contributed by atoms with van der Waals surface area (Å²) in [5, 5.41) is 7.79. The van der Waals surface area contributed by atoms with E-state index in [0.717, 1.165) is 37.5 Å². The van der Waals surface area contributed by atoms with E-state index in [1.54, 1.807) is 23.6 Å². The largest absolute Gasteiger partial charge is 0.465 e. The van der Waals surface area contributed by atoms with Gasteiger partial charge in [-0.3, -0.25) is 19.7 Å². The van der Waals surface area contributed by atoms with Gasteiger partial charge in [-0.2, -0.15) is 5.10 Å². The van der Waals surface area contributed by atoms with Crippen molar-refractivity contribution in [2.75, 3.05) is 40.0 Å². The number of hydrogen-bond acceptors (Lipinski definition) is 10. The fraction of sp³-hybridized carbons (Fsp3) is 0.792. The summed E-state index contributed by atoms with van der Waals surface area (Å²) in [7, 11) is 1.34. The number of piperidine rings is 1. The van der Waals surface area contributed by atoms with Crippen molar-refractivity contribution in [3.05, 3.63) is 6.33 Å². The van der Waals surface area contributed by atoms with Gasteiger partial charge in [0.25, 0.3) is 0 Å². The number of fused-ring (bicyclic) bond motifs is 1. The van der Waals surface area contributed by atoms with Crippen LogP contribution in [0.3, 0.4) is 0 Å². The van der Waals surface area contributed by atoms with Crippen LogP contribution in [0.25, 0.3) is 0 Å². The van der Waals surface area contributed by atoms with Gasteiger partial charge in [0.05, 0.1) is 20.3 Å². The Hall–Kier alpha value is -2.34. The standard InChI is InChI=1S/C24H37N5O6S/c1-4-34-21(30)19-10-18(36-23-25-14-26-27-23)13-28(19)11-15-6-7-16-12-29(24(32)33-3)20(9-17(16)8-15)22(31)35-5-2/h14-20H,4-13H2,1-3H3,(H,25,26,27)/t15-,16-,17?,18-,19-,20?/m0/s1. The molecule has 2 unspecified atom stereocenters. The maximum Gasteiger partial charge on any atom is 0.410 e. The van der Waals surface area contributed by atoms with E-state index in [4.69, 9.17) is 14.2 Å². The highest BCUT2D eigenvalue weighted by Crippen LogP contribution is 2.43. The van der Waals surface area contributed by atoms with Crippen molar-refractivity contribution in [2.45, 2.75) is 68.4 Å². The molecule has 200 valence electrons. The number of carbonyl (C=O) groups is 3. The second-order valence-electron chi connectivity index (χ2n) is 9.81. The third-order valence-electron chi connectivity index (χ3n) is 7.64. The molecule has 1 aromatic rings. The number of likely N-dealkylation sites (tertiary alicyclic amines) is 2. The van der Waals surface area contributed by atoms with Gasteiger partial charge >= 0.3 is 18.0 Å². The Bertz CT molecular complexity index is 902. The number of H-pyrrole nitrogens is 1. The lowest BCUT2D eigenvalue weighted by atomic mass is 9.69. The molecular weight excluding hydrogens is 486 g/mol. The molecule has 0 radical (unpaired) electrons. The lowest BCUT2D eigenvalue weighted by Gasteiger charge is -2.46. The normalized spacial score (nSPS) is 30.5. The smallest absolute Gasteiger partial charge is 0.410 e. The fourth-order valence-electron chi connectivity index (χ4n) is 6.07. The highest BCUT2D eigenvalue weighted by Gasteiger charge is 2.46. The van der Waals surface area contributed by atoms with Gasteiger partial charge in [0, 0.05) is 24.9 Å². The summed E-state index contributed by atoms with van der Waals surface area (Å²) in [5.74, 6) is 0.533. The first kappa shape index (κ1) is 26.7. The Labute approximate surface area is 216 Å². The molecule has 2 saturated heterocycles. The summed E-state index contributed by atoms with van der Waals surface area (Å²) in [6.45, 7) is 6.35. The molecule has 1 N–H and O–H groups in total. The van der Waals surface area contributed by atoms with Crippen molar-refractivity contribution in [1.29, 1.82) is 0 Å². The van der Waals surface area contributed by atoms with E-state index < -0.39 is 12.1 Å². The highest BCUT2D eigenvalue weighted by molar-refractivity contribution is 7.99. The molecule has 0 spiro atoms.